The number of aliphatic carboxylic acids is 2. The van der Waals surface area contributed by atoms with Gasteiger partial charge in [0.1, 0.15) is 13.1 Å². The summed E-state index contributed by atoms with van der Waals surface area (Å²) in [6, 6.07) is 14.6. The molecule has 1 saturated heterocycles. The highest BCUT2D eigenvalue weighted by molar-refractivity contribution is 6.01. The summed E-state index contributed by atoms with van der Waals surface area (Å²) in [5.74, 6) is 2.79. The van der Waals surface area contributed by atoms with E-state index in [0.29, 0.717) is 31.4 Å². The number of hydrogen-bond donors (Lipinski definition) is 5. The van der Waals surface area contributed by atoms with Crippen LogP contribution >= 0.6 is 0 Å². The normalized spacial score (nSPS) is 22.6. The number of halogens is 2. The van der Waals surface area contributed by atoms with E-state index in [1.807, 2.05) is 42.5 Å². The molecule has 1 unspecified atom stereocenters. The smallest absolute Gasteiger partial charge is 0.365 e. The lowest BCUT2D eigenvalue weighted by molar-refractivity contribution is -0.917. The molecule has 0 saturated carbocycles. The van der Waals surface area contributed by atoms with Crippen molar-refractivity contribution in [1.82, 2.24) is 0 Å². The Morgan fingerprint density at radius 3 is 2.40 bits per heavy atom. The summed E-state index contributed by atoms with van der Waals surface area (Å²) in [4.78, 5) is 51.3. The number of carbonyl (C=O) groups excluding carboxylic acids is 2. The van der Waals surface area contributed by atoms with Gasteiger partial charge < -0.3 is 45.1 Å². The van der Waals surface area contributed by atoms with Crippen molar-refractivity contribution < 1.29 is 69.3 Å². The fraction of sp³-hybridized carbons (Fsp3) is 0.407. The fourth-order valence-corrected chi connectivity index (χ4v) is 5.26. The molecule has 218 valence electrons. The minimum absolute atomic E-state index is 0. The number of amides is 1. The summed E-state index contributed by atoms with van der Waals surface area (Å²) >= 11 is 0. The van der Waals surface area contributed by atoms with Crippen molar-refractivity contribution in [3.63, 3.8) is 0 Å². The van der Waals surface area contributed by atoms with E-state index in [9.17, 15) is 29.4 Å². The molecule has 0 spiro atoms. The van der Waals surface area contributed by atoms with Crippen molar-refractivity contribution in [1.29, 1.82) is 0 Å². The number of nitrogens with two attached hydrogens (primary N) is 2. The topological polar surface area (TPSA) is 168 Å². The standard InChI is InChI=1S/C27H32N4O7.2ClH/c28-31-15-19(14-23(31)26(35)36)38-27(37)21(12-10-17-6-2-1-3-7-17)29-20-13-11-18-8-4-5-9-22(18)30(25(20)34)16-24(32)33;;/h1-9,19-21,23,29H,10-16,28H2,(H,32,33)(H,35,36);2*1H/t19-,20-,21+,23+;;/m1../s1. The highest BCUT2D eigenvalue weighted by atomic mass is 35.5. The summed E-state index contributed by atoms with van der Waals surface area (Å²) in [6.45, 7) is -0.300. The van der Waals surface area contributed by atoms with E-state index in [1.54, 1.807) is 17.4 Å². The van der Waals surface area contributed by atoms with E-state index in [2.05, 4.69) is 0 Å². The number of carbonyl (C=O) groups is 4. The van der Waals surface area contributed by atoms with Crippen LogP contribution in [-0.2, 0) is 36.8 Å². The van der Waals surface area contributed by atoms with Gasteiger partial charge in [-0.15, -0.1) is 0 Å². The van der Waals surface area contributed by atoms with Gasteiger partial charge >= 0.3 is 17.9 Å². The first-order valence-electron chi connectivity index (χ1n) is 12.8. The van der Waals surface area contributed by atoms with Gasteiger partial charge in [0.15, 0.2) is 18.2 Å². The molecule has 0 bridgehead atoms. The summed E-state index contributed by atoms with van der Waals surface area (Å²) in [6.07, 6.45) is 1.39. The SMILES string of the molecule is N[NH+]1C[C@H](OC(=O)[C@H](CCc2ccccc2)[NH2+][C@@H]2CCc3ccccc3N(CC(=O)O)C2=O)C[C@H]1C(=O)O.[Cl-].[Cl-]. The van der Waals surface area contributed by atoms with Gasteiger partial charge in [-0.05, 0) is 30.0 Å². The highest BCUT2D eigenvalue weighted by Gasteiger charge is 2.44. The number of benzene rings is 2. The lowest BCUT2D eigenvalue weighted by atomic mass is 10.0. The van der Waals surface area contributed by atoms with E-state index in [-0.39, 0.29) is 48.7 Å². The van der Waals surface area contributed by atoms with E-state index in [4.69, 9.17) is 10.6 Å². The van der Waals surface area contributed by atoms with Crippen LogP contribution in [0.25, 0.3) is 0 Å². The van der Waals surface area contributed by atoms with E-state index >= 15 is 0 Å². The maximum atomic E-state index is 13.6. The number of nitrogens with zero attached hydrogens (tertiary/aromatic N) is 1. The zero-order valence-electron chi connectivity index (χ0n) is 21.7. The molecular weight excluding hydrogens is 563 g/mol. The van der Waals surface area contributed by atoms with E-state index in [1.165, 1.54) is 4.90 Å². The average Bonchev–Trinajstić information content (AvgIpc) is 3.21. The maximum absolute atomic E-state index is 13.6. The largest absolute Gasteiger partial charge is 1.00 e. The summed E-state index contributed by atoms with van der Waals surface area (Å²) < 4.78 is 5.72. The fourth-order valence-electron chi connectivity index (χ4n) is 5.26. The molecule has 2 heterocycles. The van der Waals surface area contributed by atoms with Gasteiger partial charge in [0.2, 0.25) is 6.04 Å². The summed E-state index contributed by atoms with van der Waals surface area (Å²) in [5.41, 5.74) is 2.46. The number of esters is 1. The average molecular weight is 597 g/mol. The summed E-state index contributed by atoms with van der Waals surface area (Å²) in [7, 11) is 0. The highest BCUT2D eigenvalue weighted by Crippen LogP contribution is 2.26. The van der Waals surface area contributed by atoms with Gasteiger partial charge in [-0.2, -0.15) is 5.84 Å². The van der Waals surface area contributed by atoms with Crippen LogP contribution in [-0.4, -0.2) is 71.3 Å². The third kappa shape index (κ3) is 8.15. The minimum atomic E-state index is -1.13. The van der Waals surface area contributed by atoms with Crippen LogP contribution in [0.1, 0.15) is 30.4 Å². The van der Waals surface area contributed by atoms with Gasteiger partial charge in [-0.25, -0.2) is 14.6 Å². The number of fused-ring (bicyclic) bond motifs is 1. The molecule has 7 N–H and O–H groups in total. The minimum Gasteiger partial charge on any atom is -1.00 e. The van der Waals surface area contributed by atoms with Crippen LogP contribution in [0.4, 0.5) is 5.69 Å². The van der Waals surface area contributed by atoms with Gasteiger partial charge in [0, 0.05) is 18.5 Å². The molecule has 0 aromatic heterocycles. The Morgan fingerprint density at radius 1 is 1.07 bits per heavy atom. The van der Waals surface area contributed by atoms with E-state index < -0.39 is 48.7 Å². The third-order valence-corrected chi connectivity index (χ3v) is 7.23. The number of carboxylic acids is 2. The molecule has 2 aliphatic rings. The van der Waals surface area contributed by atoms with Gasteiger partial charge in [0.25, 0.3) is 5.91 Å². The number of para-hydroxylation sites is 1. The Bertz CT molecular complexity index is 1190. The Kier molecular flexibility index (Phi) is 12.3. The van der Waals surface area contributed by atoms with Crippen LogP contribution in [0.2, 0.25) is 0 Å². The molecule has 0 radical (unpaired) electrons. The molecular formula is C27H34Cl2N4O7. The number of carboxylic acid groups (broad SMARTS) is 2. The second-order valence-electron chi connectivity index (χ2n) is 9.88. The lowest BCUT2D eigenvalue weighted by Gasteiger charge is -2.25. The van der Waals surface area contributed by atoms with Crippen LogP contribution in [0.3, 0.4) is 0 Å². The molecule has 13 heteroatoms. The number of hydrogen-bond acceptors (Lipinski definition) is 6. The zero-order valence-corrected chi connectivity index (χ0v) is 23.3. The first-order valence-corrected chi connectivity index (χ1v) is 12.8. The second kappa shape index (κ2) is 15.0. The van der Waals surface area contributed by atoms with Crippen molar-refractivity contribution in [2.24, 2.45) is 5.84 Å². The molecule has 1 fully saturated rings. The van der Waals surface area contributed by atoms with Crippen LogP contribution < -0.4 is 45.9 Å². The Morgan fingerprint density at radius 2 is 1.75 bits per heavy atom. The first kappa shape index (κ1) is 33.0. The predicted molar refractivity (Wildman–Crippen MR) is 135 cm³/mol. The van der Waals surface area contributed by atoms with Crippen molar-refractivity contribution >= 4 is 29.5 Å². The number of rotatable bonds is 10. The molecule has 1 amide bonds. The van der Waals surface area contributed by atoms with E-state index in [0.717, 1.165) is 11.1 Å². The monoisotopic (exact) mass is 596 g/mol. The molecule has 11 nitrogen and oxygen atoms in total. The third-order valence-electron chi connectivity index (χ3n) is 7.23. The predicted octanol–water partition coefficient (Wildman–Crippen LogP) is -7.48. The van der Waals surface area contributed by atoms with Crippen LogP contribution in [0.5, 0.6) is 0 Å². The second-order valence-corrected chi connectivity index (χ2v) is 9.88. The summed E-state index contributed by atoms with van der Waals surface area (Å²) in [5, 5.41) is 20.8. The quantitative estimate of drug-likeness (QED) is 0.133. The van der Waals surface area contributed by atoms with Gasteiger partial charge in [-0.3, -0.25) is 14.5 Å². The van der Waals surface area contributed by atoms with Crippen molar-refractivity contribution in [3.8, 4) is 0 Å². The van der Waals surface area contributed by atoms with Crippen molar-refractivity contribution in [3.05, 3.63) is 65.7 Å². The first-order chi connectivity index (χ1) is 18.2. The van der Waals surface area contributed by atoms with Crippen molar-refractivity contribution in [2.75, 3.05) is 18.0 Å². The molecule has 2 aromatic rings. The van der Waals surface area contributed by atoms with Crippen LogP contribution in [0, 0.1) is 0 Å². The number of aryl methyl sites for hydroxylation is 2. The zero-order chi connectivity index (χ0) is 27.2. The molecule has 4 rings (SSSR count). The molecule has 2 aliphatic heterocycles. The molecule has 0 aliphatic carbocycles. The molecule has 5 atom stereocenters. The van der Waals surface area contributed by atoms with Crippen molar-refractivity contribution in [2.45, 2.75) is 56.3 Å². The Balaban J connectivity index is 0.00000280. The Hall–Kier alpha value is -3.22. The lowest BCUT2D eigenvalue weighted by Crippen LogP contribution is -3.20. The number of anilines is 1. The van der Waals surface area contributed by atoms with Gasteiger partial charge in [-0.1, -0.05) is 48.5 Å². The molecule has 2 aromatic carbocycles. The number of ether oxygens (including phenoxy) is 1. The van der Waals surface area contributed by atoms with Gasteiger partial charge in [0.05, 0.1) is 6.42 Å². The number of quaternary nitrogens is 2. The Labute approximate surface area is 244 Å². The maximum Gasteiger partial charge on any atom is 0.365 e. The molecule has 40 heavy (non-hydrogen) atoms. The number of nitrogens with one attached hydrogen (secondary N) is 1. The van der Waals surface area contributed by atoms with Crippen LogP contribution in [0.15, 0.2) is 54.6 Å².